The fourth-order valence-corrected chi connectivity index (χ4v) is 5.64. The number of aliphatic carboxylic acids is 1. The standard InChI is InChI=1S/C14H19NO4S2/c1-10-3-4-13(11(2)7-10)21(18,19)15-5-6-20-9-12(15)8-14(16)17/h3-4,7,12H,5-6,8-9H2,1-2H3,(H,16,17). The van der Waals surface area contributed by atoms with Crippen LogP contribution in [0, 0.1) is 13.8 Å². The minimum absolute atomic E-state index is 0.156. The second kappa shape index (κ2) is 6.37. The lowest BCUT2D eigenvalue weighted by molar-refractivity contribution is -0.137. The molecule has 1 N–H and O–H groups in total. The highest BCUT2D eigenvalue weighted by Crippen LogP contribution is 2.28. The molecule has 1 atom stereocenters. The summed E-state index contributed by atoms with van der Waals surface area (Å²) in [6.45, 7) is 4.04. The Morgan fingerprint density at radius 3 is 2.76 bits per heavy atom. The van der Waals surface area contributed by atoms with Crippen LogP contribution in [0.3, 0.4) is 0 Å². The van der Waals surface area contributed by atoms with Gasteiger partial charge in [-0.2, -0.15) is 16.1 Å². The van der Waals surface area contributed by atoms with Crippen molar-refractivity contribution in [3.63, 3.8) is 0 Å². The fourth-order valence-electron chi connectivity index (χ4n) is 2.53. The monoisotopic (exact) mass is 329 g/mol. The molecule has 116 valence electrons. The summed E-state index contributed by atoms with van der Waals surface area (Å²) in [5.41, 5.74) is 1.70. The molecule has 7 heteroatoms. The molecule has 0 amide bonds. The third kappa shape index (κ3) is 3.59. The summed E-state index contributed by atoms with van der Waals surface area (Å²) in [6, 6.07) is 4.73. The Hall–Kier alpha value is -1.05. The lowest BCUT2D eigenvalue weighted by atomic mass is 10.2. The summed E-state index contributed by atoms with van der Waals surface area (Å²) in [4.78, 5) is 11.2. The minimum atomic E-state index is -3.65. The lowest BCUT2D eigenvalue weighted by Crippen LogP contribution is -2.47. The third-order valence-corrected chi connectivity index (χ3v) is 6.70. The van der Waals surface area contributed by atoms with Gasteiger partial charge in [-0.25, -0.2) is 8.42 Å². The van der Waals surface area contributed by atoms with Gasteiger partial charge in [0, 0.05) is 24.1 Å². The van der Waals surface area contributed by atoms with Crippen molar-refractivity contribution < 1.29 is 18.3 Å². The molecule has 1 heterocycles. The van der Waals surface area contributed by atoms with Crippen molar-refractivity contribution in [2.24, 2.45) is 0 Å². The maximum Gasteiger partial charge on any atom is 0.305 e. The first-order valence-electron chi connectivity index (χ1n) is 6.71. The third-order valence-electron chi connectivity index (χ3n) is 3.50. The number of carboxylic acid groups (broad SMARTS) is 1. The van der Waals surface area contributed by atoms with Gasteiger partial charge in [0.05, 0.1) is 11.3 Å². The molecular weight excluding hydrogens is 310 g/mol. The zero-order valence-corrected chi connectivity index (χ0v) is 13.7. The molecule has 0 aliphatic carbocycles. The summed E-state index contributed by atoms with van der Waals surface area (Å²) in [7, 11) is -3.65. The fraction of sp³-hybridized carbons (Fsp3) is 0.500. The van der Waals surface area contributed by atoms with Crippen LogP contribution in [0.25, 0.3) is 0 Å². The lowest BCUT2D eigenvalue weighted by Gasteiger charge is -2.33. The van der Waals surface area contributed by atoms with Crippen LogP contribution in [-0.2, 0) is 14.8 Å². The van der Waals surface area contributed by atoms with E-state index in [1.165, 1.54) is 4.31 Å². The minimum Gasteiger partial charge on any atom is -0.481 e. The number of carbonyl (C=O) groups is 1. The van der Waals surface area contributed by atoms with Gasteiger partial charge in [0.15, 0.2) is 0 Å². The van der Waals surface area contributed by atoms with Gasteiger partial charge < -0.3 is 5.11 Å². The van der Waals surface area contributed by atoms with Crippen molar-refractivity contribution in [2.75, 3.05) is 18.1 Å². The Labute approximate surface area is 129 Å². The first-order chi connectivity index (χ1) is 9.82. The van der Waals surface area contributed by atoms with E-state index in [4.69, 9.17) is 5.11 Å². The summed E-state index contributed by atoms with van der Waals surface area (Å²) < 4.78 is 27.0. The summed E-state index contributed by atoms with van der Waals surface area (Å²) in [5, 5.41) is 8.98. The molecule has 21 heavy (non-hydrogen) atoms. The van der Waals surface area contributed by atoms with E-state index in [-0.39, 0.29) is 11.3 Å². The van der Waals surface area contributed by atoms with Crippen molar-refractivity contribution in [3.8, 4) is 0 Å². The Bertz CT molecular complexity index is 642. The van der Waals surface area contributed by atoms with Crippen LogP contribution in [0.4, 0.5) is 0 Å². The predicted molar refractivity (Wildman–Crippen MR) is 83.2 cm³/mol. The number of hydrogen-bond donors (Lipinski definition) is 1. The van der Waals surface area contributed by atoms with Crippen molar-refractivity contribution in [1.82, 2.24) is 4.31 Å². The molecule has 1 aliphatic heterocycles. The number of sulfonamides is 1. The summed E-state index contributed by atoms with van der Waals surface area (Å²) in [6.07, 6.45) is -0.156. The van der Waals surface area contributed by atoms with E-state index in [2.05, 4.69) is 0 Å². The number of thioether (sulfide) groups is 1. The smallest absolute Gasteiger partial charge is 0.305 e. The molecule has 1 aliphatic rings. The summed E-state index contributed by atoms with van der Waals surface area (Å²) in [5.74, 6) is 0.250. The van der Waals surface area contributed by atoms with Gasteiger partial charge in [-0.05, 0) is 25.5 Å². The highest BCUT2D eigenvalue weighted by atomic mass is 32.2. The Morgan fingerprint density at radius 2 is 2.14 bits per heavy atom. The Kier molecular flexibility index (Phi) is 4.95. The highest BCUT2D eigenvalue weighted by Gasteiger charge is 2.35. The van der Waals surface area contributed by atoms with Crippen molar-refractivity contribution >= 4 is 27.8 Å². The maximum absolute atomic E-state index is 12.8. The van der Waals surface area contributed by atoms with Gasteiger partial charge in [-0.3, -0.25) is 4.79 Å². The van der Waals surface area contributed by atoms with Crippen LogP contribution >= 0.6 is 11.8 Å². The second-order valence-corrected chi connectivity index (χ2v) is 8.22. The first-order valence-corrected chi connectivity index (χ1v) is 9.30. The number of rotatable bonds is 4. The molecule has 1 aromatic rings. The Morgan fingerprint density at radius 1 is 1.43 bits per heavy atom. The average molecular weight is 329 g/mol. The van der Waals surface area contributed by atoms with Gasteiger partial charge in [-0.1, -0.05) is 17.7 Å². The molecule has 1 saturated heterocycles. The maximum atomic E-state index is 12.8. The van der Waals surface area contributed by atoms with Crippen LogP contribution < -0.4 is 0 Å². The molecule has 0 aromatic heterocycles. The molecule has 1 unspecified atom stereocenters. The van der Waals surface area contributed by atoms with E-state index in [0.717, 1.165) is 5.56 Å². The number of aryl methyl sites for hydroxylation is 2. The molecule has 0 radical (unpaired) electrons. The van der Waals surface area contributed by atoms with Crippen LogP contribution in [0.5, 0.6) is 0 Å². The predicted octanol–water partition coefficient (Wildman–Crippen LogP) is 1.88. The largest absolute Gasteiger partial charge is 0.481 e. The highest BCUT2D eigenvalue weighted by molar-refractivity contribution is 7.99. The van der Waals surface area contributed by atoms with Gasteiger partial charge in [0.1, 0.15) is 0 Å². The van der Waals surface area contributed by atoms with Crippen molar-refractivity contribution in [2.45, 2.75) is 31.2 Å². The molecule has 0 spiro atoms. The quantitative estimate of drug-likeness (QED) is 0.913. The number of carboxylic acids is 1. The van der Waals surface area contributed by atoms with E-state index < -0.39 is 22.0 Å². The van der Waals surface area contributed by atoms with E-state index in [9.17, 15) is 13.2 Å². The molecule has 2 rings (SSSR count). The van der Waals surface area contributed by atoms with Crippen LogP contribution in [0.2, 0.25) is 0 Å². The number of nitrogens with zero attached hydrogens (tertiary/aromatic N) is 1. The molecule has 5 nitrogen and oxygen atoms in total. The van der Waals surface area contributed by atoms with Gasteiger partial charge >= 0.3 is 5.97 Å². The first kappa shape index (κ1) is 16.3. The van der Waals surface area contributed by atoms with Gasteiger partial charge in [0.25, 0.3) is 0 Å². The second-order valence-electron chi connectivity index (χ2n) is 5.21. The van der Waals surface area contributed by atoms with Crippen molar-refractivity contribution in [1.29, 1.82) is 0 Å². The summed E-state index contributed by atoms with van der Waals surface area (Å²) >= 11 is 1.60. The van der Waals surface area contributed by atoms with E-state index >= 15 is 0 Å². The average Bonchev–Trinajstić information content (AvgIpc) is 2.37. The topological polar surface area (TPSA) is 74.7 Å². The zero-order chi connectivity index (χ0) is 15.6. The van der Waals surface area contributed by atoms with E-state index in [1.807, 2.05) is 13.0 Å². The van der Waals surface area contributed by atoms with Crippen LogP contribution in [-0.4, -0.2) is 47.9 Å². The van der Waals surface area contributed by atoms with Gasteiger partial charge in [0.2, 0.25) is 10.0 Å². The molecular formula is C14H19NO4S2. The van der Waals surface area contributed by atoms with Gasteiger partial charge in [-0.15, -0.1) is 0 Å². The molecule has 0 bridgehead atoms. The number of benzene rings is 1. The van der Waals surface area contributed by atoms with Crippen LogP contribution in [0.1, 0.15) is 17.5 Å². The van der Waals surface area contributed by atoms with E-state index in [1.54, 1.807) is 30.8 Å². The molecule has 0 saturated carbocycles. The van der Waals surface area contributed by atoms with Crippen LogP contribution in [0.15, 0.2) is 23.1 Å². The molecule has 1 aromatic carbocycles. The molecule has 1 fully saturated rings. The van der Waals surface area contributed by atoms with Crippen molar-refractivity contribution in [3.05, 3.63) is 29.3 Å². The normalized spacial score (nSPS) is 20.4. The van der Waals surface area contributed by atoms with E-state index in [0.29, 0.717) is 23.6 Å². The zero-order valence-electron chi connectivity index (χ0n) is 12.1. The number of hydrogen-bond acceptors (Lipinski definition) is 4. The Balaban J connectivity index is 2.38. The SMILES string of the molecule is Cc1ccc(S(=O)(=O)N2CCSCC2CC(=O)O)c(C)c1.